The average Bonchev–Trinajstić information content (AvgIpc) is 2.79. The van der Waals surface area contributed by atoms with E-state index in [0.717, 1.165) is 15.3 Å². The molecule has 0 saturated carbocycles. The van der Waals surface area contributed by atoms with Crippen LogP contribution in [-0.4, -0.2) is 22.0 Å². The third-order valence-electron chi connectivity index (χ3n) is 2.37. The fraction of sp³-hybridized carbons (Fsp3) is 0.0769. The molecule has 0 bridgehead atoms. The number of carbonyl (C=O) groups is 1. The Balaban J connectivity index is 2.30. The van der Waals surface area contributed by atoms with Crippen molar-refractivity contribution in [2.45, 2.75) is 6.42 Å². The molecule has 0 saturated heterocycles. The number of carboxylic acid groups (broad SMARTS) is 1. The average molecular weight is 261 g/mol. The zero-order chi connectivity index (χ0) is 13.0. The highest BCUT2D eigenvalue weighted by Crippen LogP contribution is 2.21. The Morgan fingerprint density at radius 2 is 1.89 bits per heavy atom. The summed E-state index contributed by atoms with van der Waals surface area (Å²) in [5, 5.41) is 21.1. The molecule has 0 amide bonds. The van der Waals surface area contributed by atoms with Gasteiger partial charge in [0.2, 0.25) is 0 Å². The number of hydrogen-bond donors (Lipinski definition) is 2. The minimum absolute atomic E-state index is 0.0157. The van der Waals surface area contributed by atoms with E-state index >= 15 is 0 Å². The number of carboxylic acids is 1. The quantitative estimate of drug-likeness (QED) is 0.505. The Morgan fingerprint density at radius 3 is 2.50 bits per heavy atom. The van der Waals surface area contributed by atoms with Crippen molar-refractivity contribution < 1.29 is 15.1 Å². The van der Waals surface area contributed by atoms with Gasteiger partial charge in [-0.3, -0.25) is 4.79 Å². The lowest BCUT2D eigenvalue weighted by atomic mass is 10.1. The summed E-state index contributed by atoms with van der Waals surface area (Å²) in [5.41, 5.74) is 1.25. The van der Waals surface area contributed by atoms with Gasteiger partial charge >= 0.3 is 5.97 Å². The van der Waals surface area contributed by atoms with Crippen molar-refractivity contribution in [3.05, 3.63) is 57.8 Å². The highest BCUT2D eigenvalue weighted by molar-refractivity contribution is 7.14. The van der Waals surface area contributed by atoms with E-state index < -0.39 is 5.97 Å². The lowest BCUT2D eigenvalue weighted by Gasteiger charge is -2.00. The zero-order valence-corrected chi connectivity index (χ0v) is 10.2. The van der Waals surface area contributed by atoms with Crippen molar-refractivity contribution in [2.24, 2.45) is 5.16 Å². The molecule has 2 rings (SSSR count). The van der Waals surface area contributed by atoms with Crippen LogP contribution in [0.1, 0.15) is 15.3 Å². The maximum atomic E-state index is 10.6. The highest BCUT2D eigenvalue weighted by Gasteiger charge is 2.11. The van der Waals surface area contributed by atoms with Crippen LogP contribution in [0, 0.1) is 0 Å². The van der Waals surface area contributed by atoms with Gasteiger partial charge in [0.1, 0.15) is 5.71 Å². The van der Waals surface area contributed by atoms with E-state index in [1.165, 1.54) is 11.3 Å². The smallest absolute Gasteiger partial charge is 0.308 e. The van der Waals surface area contributed by atoms with E-state index in [1.54, 1.807) is 12.1 Å². The Labute approximate surface area is 108 Å². The second-order valence-corrected chi connectivity index (χ2v) is 4.82. The molecule has 1 heterocycles. The predicted molar refractivity (Wildman–Crippen MR) is 69.5 cm³/mol. The number of oxime groups is 1. The molecule has 1 aromatic carbocycles. The normalized spacial score (nSPS) is 11.4. The van der Waals surface area contributed by atoms with E-state index in [-0.39, 0.29) is 6.42 Å². The van der Waals surface area contributed by atoms with Crippen LogP contribution >= 0.6 is 11.3 Å². The summed E-state index contributed by atoms with van der Waals surface area (Å²) < 4.78 is 0. The van der Waals surface area contributed by atoms with E-state index in [0.29, 0.717) is 5.71 Å². The maximum Gasteiger partial charge on any atom is 0.308 e. The third kappa shape index (κ3) is 2.75. The summed E-state index contributed by atoms with van der Waals surface area (Å²) in [6.45, 7) is 0. The summed E-state index contributed by atoms with van der Waals surface area (Å²) >= 11 is 1.32. The minimum Gasteiger partial charge on any atom is -0.481 e. The van der Waals surface area contributed by atoms with Gasteiger partial charge in [-0.2, -0.15) is 0 Å². The molecule has 0 fully saturated rings. The molecule has 0 aliphatic heterocycles. The Hall–Kier alpha value is -2.14. The molecule has 2 N–H and O–H groups in total. The fourth-order valence-electron chi connectivity index (χ4n) is 1.59. The van der Waals surface area contributed by atoms with Crippen molar-refractivity contribution in [2.75, 3.05) is 0 Å². The first-order valence-corrected chi connectivity index (χ1v) is 6.10. The molecule has 0 spiro atoms. The lowest BCUT2D eigenvalue weighted by molar-refractivity contribution is -0.136. The minimum atomic E-state index is -0.870. The monoisotopic (exact) mass is 261 g/mol. The molecular weight excluding hydrogens is 250 g/mol. The van der Waals surface area contributed by atoms with Gasteiger partial charge in [-0.25, -0.2) is 0 Å². The largest absolute Gasteiger partial charge is 0.481 e. The number of nitrogens with zero attached hydrogens (tertiary/aromatic N) is 1. The van der Waals surface area contributed by atoms with Crippen molar-refractivity contribution in [3.8, 4) is 0 Å². The van der Waals surface area contributed by atoms with Gasteiger partial charge in [0.25, 0.3) is 0 Å². The number of aliphatic carboxylic acids is 1. The topological polar surface area (TPSA) is 69.9 Å². The van der Waals surface area contributed by atoms with Crippen LogP contribution < -0.4 is 0 Å². The number of thiophene rings is 1. The predicted octanol–water partition coefficient (Wildman–Crippen LogP) is 2.60. The standard InChI is InChI=1S/C13H11NO3S/c15-12(16)8-10-6-7-11(18-10)13(14-17)9-4-2-1-3-5-9/h1-7,17H,8H2,(H,15,16)/b14-13+. The van der Waals surface area contributed by atoms with Gasteiger partial charge < -0.3 is 10.3 Å². The van der Waals surface area contributed by atoms with Crippen LogP contribution in [0.25, 0.3) is 0 Å². The summed E-state index contributed by atoms with van der Waals surface area (Å²) in [6.07, 6.45) is -0.0157. The van der Waals surface area contributed by atoms with Crippen LogP contribution in [0.2, 0.25) is 0 Å². The third-order valence-corrected chi connectivity index (χ3v) is 3.46. The van der Waals surface area contributed by atoms with Crippen molar-refractivity contribution in [1.82, 2.24) is 0 Å². The van der Waals surface area contributed by atoms with Gasteiger partial charge in [-0.05, 0) is 12.1 Å². The lowest BCUT2D eigenvalue weighted by Crippen LogP contribution is -2.00. The van der Waals surface area contributed by atoms with E-state index in [2.05, 4.69) is 5.16 Å². The van der Waals surface area contributed by atoms with Gasteiger partial charge in [-0.1, -0.05) is 35.5 Å². The van der Waals surface area contributed by atoms with Crippen molar-refractivity contribution in [3.63, 3.8) is 0 Å². The van der Waals surface area contributed by atoms with Crippen LogP contribution in [0.15, 0.2) is 47.6 Å². The first-order chi connectivity index (χ1) is 8.70. The zero-order valence-electron chi connectivity index (χ0n) is 9.41. The van der Waals surface area contributed by atoms with E-state index in [4.69, 9.17) is 10.3 Å². The fourth-order valence-corrected chi connectivity index (χ4v) is 2.60. The number of hydrogen-bond acceptors (Lipinski definition) is 4. The maximum absolute atomic E-state index is 10.6. The first-order valence-electron chi connectivity index (χ1n) is 5.29. The molecule has 18 heavy (non-hydrogen) atoms. The SMILES string of the molecule is O=C(O)Cc1ccc(/C(=N/O)c2ccccc2)s1. The molecule has 2 aromatic rings. The Kier molecular flexibility index (Phi) is 3.74. The van der Waals surface area contributed by atoms with Crippen molar-refractivity contribution >= 4 is 23.0 Å². The molecular formula is C13H11NO3S. The number of rotatable bonds is 4. The van der Waals surface area contributed by atoms with Gasteiger partial charge in [0, 0.05) is 10.4 Å². The second-order valence-electron chi connectivity index (χ2n) is 3.65. The van der Waals surface area contributed by atoms with Crippen LogP contribution in [0.3, 0.4) is 0 Å². The molecule has 0 radical (unpaired) electrons. The van der Waals surface area contributed by atoms with Gasteiger partial charge in [-0.15, -0.1) is 11.3 Å². The van der Waals surface area contributed by atoms with Crippen LogP contribution in [-0.2, 0) is 11.2 Å². The van der Waals surface area contributed by atoms with E-state index in [1.807, 2.05) is 30.3 Å². The van der Waals surface area contributed by atoms with E-state index in [9.17, 15) is 4.79 Å². The first kappa shape index (κ1) is 12.3. The van der Waals surface area contributed by atoms with Crippen molar-refractivity contribution in [1.29, 1.82) is 0 Å². The van der Waals surface area contributed by atoms with Gasteiger partial charge in [0.05, 0.1) is 11.3 Å². The van der Waals surface area contributed by atoms with Crippen LogP contribution in [0.5, 0.6) is 0 Å². The summed E-state index contributed by atoms with van der Waals surface area (Å²) in [6, 6.07) is 12.8. The molecule has 5 heteroatoms. The summed E-state index contributed by atoms with van der Waals surface area (Å²) in [5.74, 6) is -0.870. The Bertz CT molecular complexity index is 575. The molecule has 0 aliphatic rings. The second kappa shape index (κ2) is 5.46. The summed E-state index contributed by atoms with van der Waals surface area (Å²) in [4.78, 5) is 12.1. The molecule has 4 nitrogen and oxygen atoms in total. The van der Waals surface area contributed by atoms with Crippen LogP contribution in [0.4, 0.5) is 0 Å². The van der Waals surface area contributed by atoms with Gasteiger partial charge in [0.15, 0.2) is 0 Å². The number of benzene rings is 1. The Morgan fingerprint density at radius 1 is 1.17 bits per heavy atom. The molecule has 92 valence electrons. The molecule has 0 atom stereocenters. The molecule has 1 aromatic heterocycles. The molecule has 0 aliphatic carbocycles. The molecule has 0 unspecified atom stereocenters. The summed E-state index contributed by atoms with van der Waals surface area (Å²) in [7, 11) is 0. The highest BCUT2D eigenvalue weighted by atomic mass is 32.1.